The predicted molar refractivity (Wildman–Crippen MR) is 119 cm³/mol. The van der Waals surface area contributed by atoms with Gasteiger partial charge in [-0.05, 0) is 42.5 Å². The number of benzene rings is 3. The standard InChI is InChI=1S/C20H13Br2N3O4/c21-14-1-5-19(26)12(7-14)10-23-17-4-3-16(25(28)29)9-18(17)24-11-13-8-15(22)2-6-20(13)27/h1-11,26-27H. The van der Waals surface area contributed by atoms with Crippen molar-refractivity contribution in [1.82, 2.24) is 0 Å². The van der Waals surface area contributed by atoms with E-state index < -0.39 is 4.92 Å². The zero-order valence-electron chi connectivity index (χ0n) is 14.7. The maximum atomic E-state index is 11.1. The molecule has 0 bridgehead atoms. The van der Waals surface area contributed by atoms with E-state index in [1.807, 2.05) is 0 Å². The van der Waals surface area contributed by atoms with Gasteiger partial charge in [-0.3, -0.25) is 20.1 Å². The molecule has 3 rings (SSSR count). The molecule has 0 fully saturated rings. The van der Waals surface area contributed by atoms with E-state index in [0.717, 1.165) is 8.95 Å². The summed E-state index contributed by atoms with van der Waals surface area (Å²) in [6, 6.07) is 13.8. The Morgan fingerprint density at radius 3 is 1.83 bits per heavy atom. The molecule has 3 aromatic carbocycles. The van der Waals surface area contributed by atoms with E-state index in [4.69, 9.17) is 0 Å². The Hall–Kier alpha value is -3.04. The molecule has 9 heteroatoms. The van der Waals surface area contributed by atoms with Crippen LogP contribution >= 0.6 is 31.9 Å². The molecule has 7 nitrogen and oxygen atoms in total. The van der Waals surface area contributed by atoms with Gasteiger partial charge in [0.2, 0.25) is 0 Å². The fourth-order valence-electron chi connectivity index (χ4n) is 2.37. The molecule has 0 aliphatic carbocycles. The van der Waals surface area contributed by atoms with Gasteiger partial charge in [0.15, 0.2) is 0 Å². The number of phenols is 2. The van der Waals surface area contributed by atoms with Crippen molar-refractivity contribution in [3.8, 4) is 11.5 Å². The minimum absolute atomic E-state index is 0.0199. The van der Waals surface area contributed by atoms with Gasteiger partial charge in [0.1, 0.15) is 11.5 Å². The molecule has 146 valence electrons. The van der Waals surface area contributed by atoms with Gasteiger partial charge in [0.25, 0.3) is 5.69 Å². The smallest absolute Gasteiger partial charge is 0.271 e. The van der Waals surface area contributed by atoms with Gasteiger partial charge in [-0.2, -0.15) is 0 Å². The van der Waals surface area contributed by atoms with Crippen LogP contribution < -0.4 is 0 Å². The summed E-state index contributed by atoms with van der Waals surface area (Å²) in [5.41, 5.74) is 1.37. The topological polar surface area (TPSA) is 108 Å². The lowest BCUT2D eigenvalue weighted by atomic mass is 10.2. The number of rotatable bonds is 5. The Bertz CT molecular complexity index is 1150. The van der Waals surface area contributed by atoms with Gasteiger partial charge in [0, 0.05) is 44.6 Å². The minimum atomic E-state index is -0.525. The maximum Gasteiger partial charge on any atom is 0.271 e. The number of aromatic hydroxyl groups is 2. The molecule has 0 aromatic heterocycles. The number of halogens is 2. The van der Waals surface area contributed by atoms with Crippen molar-refractivity contribution in [1.29, 1.82) is 0 Å². The van der Waals surface area contributed by atoms with Crippen molar-refractivity contribution < 1.29 is 15.1 Å². The van der Waals surface area contributed by atoms with Crippen LogP contribution in [0, 0.1) is 10.1 Å². The van der Waals surface area contributed by atoms with Crippen LogP contribution in [0.15, 0.2) is 73.5 Å². The summed E-state index contributed by atoms with van der Waals surface area (Å²) in [6.45, 7) is 0. The molecule has 2 N–H and O–H groups in total. The molecular weight excluding hydrogens is 506 g/mol. The van der Waals surface area contributed by atoms with E-state index in [0.29, 0.717) is 16.8 Å². The first-order chi connectivity index (χ1) is 13.8. The molecule has 0 saturated heterocycles. The summed E-state index contributed by atoms with van der Waals surface area (Å²) in [5, 5.41) is 31.0. The lowest BCUT2D eigenvalue weighted by molar-refractivity contribution is -0.384. The van der Waals surface area contributed by atoms with Crippen molar-refractivity contribution in [2.75, 3.05) is 0 Å². The quantitative estimate of drug-likeness (QED) is 0.244. The highest BCUT2D eigenvalue weighted by Gasteiger charge is 2.10. The minimum Gasteiger partial charge on any atom is -0.507 e. The molecule has 0 heterocycles. The van der Waals surface area contributed by atoms with Gasteiger partial charge in [0.05, 0.1) is 16.3 Å². The van der Waals surface area contributed by atoms with Crippen molar-refractivity contribution >= 4 is 61.4 Å². The monoisotopic (exact) mass is 517 g/mol. The first kappa shape index (κ1) is 20.7. The summed E-state index contributed by atoms with van der Waals surface area (Å²) >= 11 is 6.64. The number of nitrogens with zero attached hydrogens (tertiary/aromatic N) is 3. The third-order valence-corrected chi connectivity index (χ3v) is 4.82. The lowest BCUT2D eigenvalue weighted by Crippen LogP contribution is -1.88. The third-order valence-electron chi connectivity index (χ3n) is 3.83. The number of nitro groups is 1. The summed E-state index contributed by atoms with van der Waals surface area (Å²) in [5.74, 6) is 0.0643. The predicted octanol–water partition coefficient (Wildman–Crippen LogP) is 6.03. The molecular formula is C20H13Br2N3O4. The van der Waals surface area contributed by atoms with Crippen LogP contribution in [0.2, 0.25) is 0 Å². The van der Waals surface area contributed by atoms with Gasteiger partial charge < -0.3 is 10.2 Å². The average molecular weight is 519 g/mol. The molecule has 3 aromatic rings. The fourth-order valence-corrected chi connectivity index (χ4v) is 3.13. The Morgan fingerprint density at radius 2 is 1.31 bits per heavy atom. The van der Waals surface area contributed by atoms with Gasteiger partial charge in [-0.25, -0.2) is 0 Å². The van der Waals surface area contributed by atoms with E-state index in [-0.39, 0.29) is 22.9 Å². The van der Waals surface area contributed by atoms with Crippen LogP contribution in [0.3, 0.4) is 0 Å². The normalized spacial score (nSPS) is 11.4. The van der Waals surface area contributed by atoms with Crippen LogP contribution in [0.25, 0.3) is 0 Å². The van der Waals surface area contributed by atoms with E-state index >= 15 is 0 Å². The molecule has 0 aliphatic heterocycles. The molecule has 0 radical (unpaired) electrons. The van der Waals surface area contributed by atoms with Crippen molar-refractivity contribution in [3.63, 3.8) is 0 Å². The second kappa shape index (κ2) is 8.97. The number of hydrogen-bond acceptors (Lipinski definition) is 6. The van der Waals surface area contributed by atoms with Crippen molar-refractivity contribution in [2.24, 2.45) is 9.98 Å². The van der Waals surface area contributed by atoms with Crippen molar-refractivity contribution in [3.05, 3.63) is 84.8 Å². The first-order valence-electron chi connectivity index (χ1n) is 8.17. The number of nitro benzene ring substituents is 1. The van der Waals surface area contributed by atoms with Crippen LogP contribution in [0.1, 0.15) is 11.1 Å². The average Bonchev–Trinajstić information content (AvgIpc) is 2.69. The van der Waals surface area contributed by atoms with E-state index in [1.54, 1.807) is 24.3 Å². The molecule has 0 aliphatic rings. The molecule has 29 heavy (non-hydrogen) atoms. The zero-order valence-corrected chi connectivity index (χ0v) is 17.8. The Labute approximate surface area is 182 Å². The van der Waals surface area contributed by atoms with Crippen LogP contribution in [0.4, 0.5) is 17.1 Å². The fraction of sp³-hybridized carbons (Fsp3) is 0. The molecule has 0 unspecified atom stereocenters. The number of aliphatic imine (C=N–C) groups is 2. The molecule has 0 atom stereocenters. The third kappa shape index (κ3) is 5.27. The molecule has 0 spiro atoms. The maximum absolute atomic E-state index is 11.1. The summed E-state index contributed by atoms with van der Waals surface area (Å²) in [6.07, 6.45) is 2.84. The summed E-state index contributed by atoms with van der Waals surface area (Å²) in [7, 11) is 0. The second-order valence-electron chi connectivity index (χ2n) is 5.85. The number of phenolic OH excluding ortho intramolecular Hbond substituents is 2. The highest BCUT2D eigenvalue weighted by Crippen LogP contribution is 2.33. The Balaban J connectivity index is 2.02. The van der Waals surface area contributed by atoms with E-state index in [1.165, 1.54) is 42.8 Å². The van der Waals surface area contributed by atoms with E-state index in [2.05, 4.69) is 41.8 Å². The Kier molecular flexibility index (Phi) is 6.40. The van der Waals surface area contributed by atoms with Crippen LogP contribution in [-0.4, -0.2) is 27.6 Å². The Morgan fingerprint density at radius 1 is 0.793 bits per heavy atom. The molecule has 0 saturated carbocycles. The second-order valence-corrected chi connectivity index (χ2v) is 7.68. The SMILES string of the molecule is O=[N+]([O-])c1ccc(N=Cc2cc(Br)ccc2O)c(N=Cc2cc(Br)ccc2O)c1. The highest BCUT2D eigenvalue weighted by molar-refractivity contribution is 9.10. The van der Waals surface area contributed by atoms with Crippen LogP contribution in [-0.2, 0) is 0 Å². The van der Waals surface area contributed by atoms with Gasteiger partial charge in [-0.1, -0.05) is 31.9 Å². The van der Waals surface area contributed by atoms with Gasteiger partial charge in [-0.15, -0.1) is 0 Å². The first-order valence-corrected chi connectivity index (χ1v) is 9.75. The van der Waals surface area contributed by atoms with E-state index in [9.17, 15) is 20.3 Å². The van der Waals surface area contributed by atoms with Crippen LogP contribution in [0.5, 0.6) is 11.5 Å². The number of non-ortho nitro benzene ring substituents is 1. The zero-order chi connectivity index (χ0) is 21.0. The number of hydrogen-bond donors (Lipinski definition) is 2. The lowest BCUT2D eigenvalue weighted by Gasteiger charge is -2.03. The summed E-state index contributed by atoms with van der Waals surface area (Å²) in [4.78, 5) is 19.2. The largest absolute Gasteiger partial charge is 0.507 e. The van der Waals surface area contributed by atoms with Crippen molar-refractivity contribution in [2.45, 2.75) is 0 Å². The summed E-state index contributed by atoms with van der Waals surface area (Å²) < 4.78 is 1.52. The highest BCUT2D eigenvalue weighted by atomic mass is 79.9. The van der Waals surface area contributed by atoms with Gasteiger partial charge >= 0.3 is 0 Å². The molecule has 0 amide bonds.